The van der Waals surface area contributed by atoms with E-state index in [9.17, 15) is 8.42 Å². The number of nitrogens with zero attached hydrogens (tertiary/aromatic N) is 3. The average molecular weight is 505 g/mol. The first-order chi connectivity index (χ1) is 16.8. The van der Waals surface area contributed by atoms with E-state index >= 15 is 0 Å². The van der Waals surface area contributed by atoms with Crippen molar-refractivity contribution in [1.82, 2.24) is 20.2 Å². The molecule has 0 saturated heterocycles. The van der Waals surface area contributed by atoms with Crippen LogP contribution in [-0.2, 0) is 16.3 Å². The maximum Gasteiger partial charge on any atom is 0.181 e. The van der Waals surface area contributed by atoms with E-state index in [-0.39, 0.29) is 4.90 Å². The van der Waals surface area contributed by atoms with Crippen molar-refractivity contribution < 1.29 is 13.2 Å². The zero-order chi connectivity index (χ0) is 24.6. The molecule has 0 saturated carbocycles. The number of aromatic amines is 1. The third-order valence-electron chi connectivity index (χ3n) is 5.64. The van der Waals surface area contributed by atoms with Crippen molar-refractivity contribution in [1.29, 1.82) is 0 Å². The Labute approximate surface area is 207 Å². The second-order valence-corrected chi connectivity index (χ2v) is 10.5. The van der Waals surface area contributed by atoms with E-state index < -0.39 is 9.84 Å². The van der Waals surface area contributed by atoms with Crippen LogP contribution >= 0.6 is 11.6 Å². The van der Waals surface area contributed by atoms with Crippen LogP contribution in [0.3, 0.4) is 0 Å². The molecule has 3 aromatic carbocycles. The van der Waals surface area contributed by atoms with Gasteiger partial charge in [-0.25, -0.2) is 18.4 Å². The lowest BCUT2D eigenvalue weighted by Gasteiger charge is -2.09. The van der Waals surface area contributed by atoms with Crippen molar-refractivity contribution in [2.24, 2.45) is 0 Å². The van der Waals surface area contributed by atoms with Crippen molar-refractivity contribution in [3.05, 3.63) is 89.2 Å². The average Bonchev–Trinajstić information content (AvgIpc) is 3.31. The van der Waals surface area contributed by atoms with Crippen LogP contribution in [0.15, 0.2) is 77.7 Å². The van der Waals surface area contributed by atoms with E-state index in [1.165, 1.54) is 7.11 Å². The number of ether oxygens (including phenoxy) is 1. The van der Waals surface area contributed by atoms with Gasteiger partial charge in [-0.2, -0.15) is 5.10 Å². The van der Waals surface area contributed by atoms with Gasteiger partial charge in [0, 0.05) is 34.2 Å². The van der Waals surface area contributed by atoms with Gasteiger partial charge >= 0.3 is 0 Å². The summed E-state index contributed by atoms with van der Waals surface area (Å²) in [5, 5.41) is 9.01. The van der Waals surface area contributed by atoms with Crippen LogP contribution in [0.2, 0.25) is 5.02 Å². The fraction of sp³-hybridized carbons (Fsp3) is 0.115. The van der Waals surface area contributed by atoms with Crippen LogP contribution in [0.25, 0.3) is 33.5 Å². The number of rotatable bonds is 6. The van der Waals surface area contributed by atoms with E-state index in [0.717, 1.165) is 39.5 Å². The number of para-hydroxylation sites is 1. The zero-order valence-corrected chi connectivity index (χ0v) is 20.6. The number of hydrogen-bond donors (Lipinski definition) is 1. The molecule has 0 spiro atoms. The normalized spacial score (nSPS) is 11.6. The molecule has 0 unspecified atom stereocenters. The second kappa shape index (κ2) is 9.13. The first kappa shape index (κ1) is 23.0. The number of halogens is 1. The molecule has 9 heteroatoms. The summed E-state index contributed by atoms with van der Waals surface area (Å²) < 4.78 is 29.3. The molecule has 5 rings (SSSR count). The predicted molar refractivity (Wildman–Crippen MR) is 136 cm³/mol. The Morgan fingerprint density at radius 2 is 1.71 bits per heavy atom. The Morgan fingerprint density at radius 3 is 2.49 bits per heavy atom. The van der Waals surface area contributed by atoms with Crippen molar-refractivity contribution in [3.63, 3.8) is 0 Å². The molecule has 0 aliphatic heterocycles. The van der Waals surface area contributed by atoms with Crippen LogP contribution < -0.4 is 4.74 Å². The maximum atomic E-state index is 12.0. The number of fused-ring (bicyclic) bond motifs is 1. The third-order valence-corrected chi connectivity index (χ3v) is 7.10. The Morgan fingerprint density at radius 1 is 0.943 bits per heavy atom. The van der Waals surface area contributed by atoms with Gasteiger partial charge in [0.1, 0.15) is 16.5 Å². The van der Waals surface area contributed by atoms with Crippen LogP contribution in [0.1, 0.15) is 11.4 Å². The summed E-state index contributed by atoms with van der Waals surface area (Å²) in [6.45, 7) is 0. The lowest BCUT2D eigenvalue weighted by molar-refractivity contribution is 0.402. The van der Waals surface area contributed by atoms with Crippen molar-refractivity contribution >= 4 is 32.3 Å². The number of methoxy groups -OCH3 is 1. The summed E-state index contributed by atoms with van der Waals surface area (Å²) in [5.41, 5.74) is 4.05. The highest BCUT2D eigenvalue weighted by molar-refractivity contribution is 7.90. The van der Waals surface area contributed by atoms with Crippen molar-refractivity contribution in [2.75, 3.05) is 13.4 Å². The van der Waals surface area contributed by atoms with Gasteiger partial charge in [0.2, 0.25) is 0 Å². The molecule has 0 amide bonds. The summed E-state index contributed by atoms with van der Waals surface area (Å²) in [6.07, 6.45) is 1.58. The molecule has 0 bridgehead atoms. The summed E-state index contributed by atoms with van der Waals surface area (Å²) in [7, 11) is -1.94. The van der Waals surface area contributed by atoms with E-state index in [4.69, 9.17) is 26.3 Å². The summed E-state index contributed by atoms with van der Waals surface area (Å²) in [4.78, 5) is 9.67. The molecule has 0 aliphatic rings. The minimum absolute atomic E-state index is 0.150. The SMILES string of the molecule is COc1cc(Cc2nc(-c3cc(-c4ccccc4Cl)nc4ccccc34)n[nH]2)ccc1S(C)(=O)=O. The molecule has 0 atom stereocenters. The first-order valence-electron chi connectivity index (χ1n) is 10.8. The van der Waals surface area contributed by atoms with Gasteiger partial charge in [-0.3, -0.25) is 5.10 Å². The van der Waals surface area contributed by atoms with E-state index in [1.807, 2.05) is 54.6 Å². The van der Waals surface area contributed by atoms with Gasteiger partial charge in [0.15, 0.2) is 15.7 Å². The molecular weight excluding hydrogens is 484 g/mol. The van der Waals surface area contributed by atoms with E-state index in [1.54, 1.807) is 18.2 Å². The van der Waals surface area contributed by atoms with Crippen LogP contribution in [0.4, 0.5) is 0 Å². The number of nitrogens with one attached hydrogen (secondary N) is 1. The van der Waals surface area contributed by atoms with Gasteiger partial charge in [-0.15, -0.1) is 0 Å². The van der Waals surface area contributed by atoms with Crippen LogP contribution in [0, 0.1) is 0 Å². The third kappa shape index (κ3) is 4.62. The number of pyridine rings is 1. The molecule has 5 aromatic rings. The Hall–Kier alpha value is -3.75. The molecular formula is C26H21ClN4O3S. The quantitative estimate of drug-likeness (QED) is 0.335. The molecule has 0 aliphatic carbocycles. The van der Waals surface area contributed by atoms with Crippen LogP contribution in [0.5, 0.6) is 5.75 Å². The Kier molecular flexibility index (Phi) is 6.00. The Bertz CT molecular complexity index is 1660. The lowest BCUT2D eigenvalue weighted by atomic mass is 10.0. The standard InChI is InChI=1S/C26H21ClN4O3S/c1-34-23-13-16(11-12-24(23)35(2,32)33)14-25-29-26(31-30-25)19-15-22(18-8-3-5-9-20(18)27)28-21-10-6-4-7-17(19)21/h3-13,15H,14H2,1-2H3,(H,29,30,31). The summed E-state index contributed by atoms with van der Waals surface area (Å²) >= 11 is 6.44. The molecule has 0 radical (unpaired) electrons. The monoisotopic (exact) mass is 504 g/mol. The highest BCUT2D eigenvalue weighted by atomic mass is 35.5. The number of benzene rings is 3. The smallest absolute Gasteiger partial charge is 0.181 e. The molecule has 2 heterocycles. The lowest BCUT2D eigenvalue weighted by Crippen LogP contribution is -2.02. The summed E-state index contributed by atoms with van der Waals surface area (Å²) in [6, 6.07) is 22.3. The van der Waals surface area contributed by atoms with Gasteiger partial charge in [0.05, 0.1) is 18.3 Å². The number of aromatic nitrogens is 4. The second-order valence-electron chi connectivity index (χ2n) is 8.09. The highest BCUT2D eigenvalue weighted by Crippen LogP contribution is 2.33. The molecule has 7 nitrogen and oxygen atoms in total. The maximum absolute atomic E-state index is 12.0. The minimum atomic E-state index is -3.39. The van der Waals surface area contributed by atoms with E-state index in [0.29, 0.717) is 28.8 Å². The summed E-state index contributed by atoms with van der Waals surface area (Å²) in [5.74, 6) is 1.47. The largest absolute Gasteiger partial charge is 0.495 e. The van der Waals surface area contributed by atoms with Gasteiger partial charge in [-0.1, -0.05) is 54.1 Å². The van der Waals surface area contributed by atoms with Crippen molar-refractivity contribution in [3.8, 4) is 28.4 Å². The van der Waals surface area contributed by atoms with Gasteiger partial charge in [-0.05, 0) is 35.9 Å². The number of sulfone groups is 1. The highest BCUT2D eigenvalue weighted by Gasteiger charge is 2.17. The van der Waals surface area contributed by atoms with Gasteiger partial charge in [0.25, 0.3) is 0 Å². The van der Waals surface area contributed by atoms with Crippen molar-refractivity contribution in [2.45, 2.75) is 11.3 Å². The zero-order valence-electron chi connectivity index (χ0n) is 19.0. The predicted octanol–water partition coefficient (Wildman–Crippen LogP) is 5.34. The Balaban J connectivity index is 1.54. The molecule has 2 aromatic heterocycles. The molecule has 1 N–H and O–H groups in total. The van der Waals surface area contributed by atoms with Gasteiger partial charge < -0.3 is 4.74 Å². The molecule has 176 valence electrons. The minimum Gasteiger partial charge on any atom is -0.495 e. The first-order valence-corrected chi connectivity index (χ1v) is 13.0. The fourth-order valence-electron chi connectivity index (χ4n) is 3.98. The van der Waals surface area contributed by atoms with E-state index in [2.05, 4.69) is 10.2 Å². The van der Waals surface area contributed by atoms with Crippen LogP contribution in [-0.4, -0.2) is 41.9 Å². The number of hydrogen-bond acceptors (Lipinski definition) is 6. The topological polar surface area (TPSA) is 97.8 Å². The fourth-order valence-corrected chi connectivity index (χ4v) is 5.04. The number of H-pyrrole nitrogens is 1. The molecule has 35 heavy (non-hydrogen) atoms. The molecule has 0 fully saturated rings.